The largest absolute Gasteiger partial charge is 0.497 e. The Kier molecular flexibility index (Phi) is 5.61. The van der Waals surface area contributed by atoms with Crippen LogP contribution in [0.15, 0.2) is 60.7 Å². The van der Waals surface area contributed by atoms with Gasteiger partial charge in [-0.15, -0.1) is 5.10 Å². The molecule has 0 aliphatic carbocycles. The van der Waals surface area contributed by atoms with Gasteiger partial charge in [0.25, 0.3) is 5.91 Å². The van der Waals surface area contributed by atoms with Gasteiger partial charge in [-0.25, -0.2) is 0 Å². The number of carbonyl (C=O) groups excluding carboxylic acids is 1. The number of nitrogens with one attached hydrogen (secondary N) is 2. The first kappa shape index (κ1) is 20.1. The van der Waals surface area contributed by atoms with Crippen molar-refractivity contribution in [3.63, 3.8) is 0 Å². The van der Waals surface area contributed by atoms with Crippen LogP contribution in [0.5, 0.6) is 11.5 Å². The number of H-pyrrole nitrogens is 1. The summed E-state index contributed by atoms with van der Waals surface area (Å²) in [7, 11) is 3.14. The van der Waals surface area contributed by atoms with E-state index >= 15 is 0 Å². The first-order chi connectivity index (χ1) is 15.1. The fraction of sp³-hybridized carbons (Fsp3) is 0.130. The quantitative estimate of drug-likeness (QED) is 0.491. The normalized spacial score (nSPS) is 10.5. The summed E-state index contributed by atoms with van der Waals surface area (Å²) in [4.78, 5) is 21.7. The van der Waals surface area contributed by atoms with Crippen LogP contribution in [0.25, 0.3) is 22.6 Å². The number of hydrogen-bond acceptors (Lipinski definition) is 6. The number of ether oxygens (including phenoxy) is 2. The van der Waals surface area contributed by atoms with Gasteiger partial charge in [-0.3, -0.25) is 20.2 Å². The standard InChI is InChI=1S/C23H21N5O3/c1-14-17(11-12-19(24-14)15-7-5-4-6-8-15)22(29)26-23-25-21(27-28-23)18-10-9-16(30-2)13-20(18)31-3/h4-13H,1-3H3,(H2,25,26,27,28,29). The highest BCUT2D eigenvalue weighted by Crippen LogP contribution is 2.31. The fourth-order valence-corrected chi connectivity index (χ4v) is 3.17. The van der Waals surface area contributed by atoms with Gasteiger partial charge in [-0.05, 0) is 31.2 Å². The number of anilines is 1. The van der Waals surface area contributed by atoms with Crippen LogP contribution in [0.3, 0.4) is 0 Å². The minimum Gasteiger partial charge on any atom is -0.497 e. The molecular formula is C23H21N5O3. The maximum Gasteiger partial charge on any atom is 0.259 e. The predicted octanol–water partition coefficient (Wildman–Crippen LogP) is 4.11. The zero-order chi connectivity index (χ0) is 21.8. The molecular weight excluding hydrogens is 394 g/mol. The Morgan fingerprint density at radius 3 is 2.48 bits per heavy atom. The zero-order valence-electron chi connectivity index (χ0n) is 17.3. The molecule has 2 aromatic carbocycles. The molecule has 0 saturated heterocycles. The molecule has 2 N–H and O–H groups in total. The van der Waals surface area contributed by atoms with E-state index in [1.165, 1.54) is 0 Å². The van der Waals surface area contributed by atoms with Crippen LogP contribution in [0.4, 0.5) is 5.95 Å². The average molecular weight is 415 g/mol. The van der Waals surface area contributed by atoms with Gasteiger partial charge in [0.1, 0.15) is 11.5 Å². The molecule has 4 rings (SSSR count). The van der Waals surface area contributed by atoms with Gasteiger partial charge >= 0.3 is 0 Å². The summed E-state index contributed by atoms with van der Waals surface area (Å²) in [5.41, 5.74) is 3.56. The van der Waals surface area contributed by atoms with Crippen LogP contribution >= 0.6 is 0 Å². The molecule has 31 heavy (non-hydrogen) atoms. The lowest BCUT2D eigenvalue weighted by Crippen LogP contribution is -2.15. The van der Waals surface area contributed by atoms with Gasteiger partial charge in [0.2, 0.25) is 5.95 Å². The Bertz CT molecular complexity index is 1220. The lowest BCUT2D eigenvalue weighted by atomic mass is 10.1. The molecule has 0 unspecified atom stereocenters. The molecule has 2 aromatic heterocycles. The van der Waals surface area contributed by atoms with E-state index in [-0.39, 0.29) is 11.9 Å². The predicted molar refractivity (Wildman–Crippen MR) is 117 cm³/mol. The third-order valence-electron chi connectivity index (χ3n) is 4.77. The zero-order valence-corrected chi connectivity index (χ0v) is 17.3. The maximum atomic E-state index is 12.7. The molecule has 2 heterocycles. The summed E-state index contributed by atoms with van der Waals surface area (Å²) >= 11 is 0. The van der Waals surface area contributed by atoms with Gasteiger partial charge in [0.05, 0.1) is 36.7 Å². The molecule has 1 amide bonds. The van der Waals surface area contributed by atoms with Crippen molar-refractivity contribution in [2.75, 3.05) is 19.5 Å². The minimum atomic E-state index is -0.336. The Labute approximate surface area is 179 Å². The number of amides is 1. The van der Waals surface area contributed by atoms with Gasteiger partial charge in [0, 0.05) is 11.6 Å². The van der Waals surface area contributed by atoms with Gasteiger partial charge in [0.15, 0.2) is 5.82 Å². The number of rotatable bonds is 6. The molecule has 0 spiro atoms. The van der Waals surface area contributed by atoms with Crippen molar-refractivity contribution in [1.29, 1.82) is 0 Å². The van der Waals surface area contributed by atoms with E-state index in [4.69, 9.17) is 9.47 Å². The highest BCUT2D eigenvalue weighted by atomic mass is 16.5. The van der Waals surface area contributed by atoms with E-state index in [2.05, 4.69) is 25.5 Å². The van der Waals surface area contributed by atoms with Crippen LogP contribution in [0.2, 0.25) is 0 Å². The van der Waals surface area contributed by atoms with E-state index in [9.17, 15) is 4.79 Å². The molecule has 8 heteroatoms. The number of aromatic nitrogens is 4. The van der Waals surface area contributed by atoms with Crippen molar-refractivity contribution in [2.45, 2.75) is 6.92 Å². The molecule has 0 saturated carbocycles. The highest BCUT2D eigenvalue weighted by molar-refractivity contribution is 6.04. The van der Waals surface area contributed by atoms with Crippen LogP contribution < -0.4 is 14.8 Å². The van der Waals surface area contributed by atoms with Crippen LogP contribution in [0.1, 0.15) is 16.1 Å². The first-order valence-electron chi connectivity index (χ1n) is 9.58. The monoisotopic (exact) mass is 415 g/mol. The smallest absolute Gasteiger partial charge is 0.259 e. The number of hydrogen-bond donors (Lipinski definition) is 2. The molecule has 0 aliphatic heterocycles. The minimum absolute atomic E-state index is 0.157. The van der Waals surface area contributed by atoms with Crippen molar-refractivity contribution in [3.8, 4) is 34.1 Å². The van der Waals surface area contributed by atoms with Crippen molar-refractivity contribution >= 4 is 11.9 Å². The summed E-state index contributed by atoms with van der Waals surface area (Å²) < 4.78 is 10.6. The third kappa shape index (κ3) is 4.23. The Hall–Kier alpha value is -4.20. The van der Waals surface area contributed by atoms with E-state index in [1.54, 1.807) is 45.4 Å². The maximum absolute atomic E-state index is 12.7. The van der Waals surface area contributed by atoms with E-state index in [0.29, 0.717) is 34.1 Å². The molecule has 0 fully saturated rings. The molecule has 0 bridgehead atoms. The number of carbonyl (C=O) groups is 1. The molecule has 156 valence electrons. The number of nitrogens with zero attached hydrogens (tertiary/aromatic N) is 3. The molecule has 8 nitrogen and oxygen atoms in total. The average Bonchev–Trinajstić information content (AvgIpc) is 3.27. The fourth-order valence-electron chi connectivity index (χ4n) is 3.17. The number of aromatic amines is 1. The van der Waals surface area contributed by atoms with Gasteiger partial charge in [-0.2, -0.15) is 4.98 Å². The van der Waals surface area contributed by atoms with Crippen LogP contribution in [-0.2, 0) is 0 Å². The second-order valence-electron chi connectivity index (χ2n) is 6.72. The van der Waals surface area contributed by atoms with Crippen molar-refractivity contribution < 1.29 is 14.3 Å². The molecule has 4 aromatic rings. The van der Waals surface area contributed by atoms with Crippen LogP contribution in [0, 0.1) is 6.92 Å². The summed E-state index contributed by atoms with van der Waals surface area (Å²) in [6, 6.07) is 18.7. The lowest BCUT2D eigenvalue weighted by Gasteiger charge is -2.08. The Balaban J connectivity index is 1.53. The van der Waals surface area contributed by atoms with Crippen molar-refractivity contribution in [3.05, 3.63) is 71.9 Å². The SMILES string of the molecule is COc1ccc(-c2nc(NC(=O)c3ccc(-c4ccccc4)nc3C)n[nH]2)c(OC)c1. The lowest BCUT2D eigenvalue weighted by molar-refractivity contribution is 0.102. The topological polar surface area (TPSA) is 102 Å². The molecule has 0 radical (unpaired) electrons. The molecule has 0 aliphatic rings. The number of aryl methyl sites for hydroxylation is 1. The van der Waals surface area contributed by atoms with E-state index in [0.717, 1.165) is 11.3 Å². The number of benzene rings is 2. The van der Waals surface area contributed by atoms with Crippen molar-refractivity contribution in [2.24, 2.45) is 0 Å². The third-order valence-corrected chi connectivity index (χ3v) is 4.77. The van der Waals surface area contributed by atoms with Crippen molar-refractivity contribution in [1.82, 2.24) is 20.2 Å². The second-order valence-corrected chi connectivity index (χ2v) is 6.72. The number of pyridine rings is 1. The van der Waals surface area contributed by atoms with Crippen LogP contribution in [-0.4, -0.2) is 40.3 Å². The summed E-state index contributed by atoms with van der Waals surface area (Å²) in [6.45, 7) is 1.80. The summed E-state index contributed by atoms with van der Waals surface area (Å²) in [6.07, 6.45) is 0. The Morgan fingerprint density at radius 2 is 1.77 bits per heavy atom. The van der Waals surface area contributed by atoms with Gasteiger partial charge in [-0.1, -0.05) is 30.3 Å². The first-order valence-corrected chi connectivity index (χ1v) is 9.58. The molecule has 0 atom stereocenters. The highest BCUT2D eigenvalue weighted by Gasteiger charge is 2.16. The van der Waals surface area contributed by atoms with Gasteiger partial charge < -0.3 is 9.47 Å². The number of methoxy groups -OCH3 is 2. The Morgan fingerprint density at radius 1 is 0.968 bits per heavy atom. The van der Waals surface area contributed by atoms with E-state index < -0.39 is 0 Å². The van der Waals surface area contributed by atoms with E-state index in [1.807, 2.05) is 36.4 Å². The second kappa shape index (κ2) is 8.66. The summed E-state index contributed by atoms with van der Waals surface area (Å²) in [5, 5.41) is 9.63. The summed E-state index contributed by atoms with van der Waals surface area (Å²) in [5.74, 6) is 1.52.